The van der Waals surface area contributed by atoms with Gasteiger partial charge in [0.2, 0.25) is 0 Å². The zero-order chi connectivity index (χ0) is 9.84. The lowest BCUT2D eigenvalue weighted by molar-refractivity contribution is 0.450. The number of hydrogen-bond acceptors (Lipinski definition) is 2. The summed E-state index contributed by atoms with van der Waals surface area (Å²) in [6.07, 6.45) is 5.48. The Morgan fingerprint density at radius 1 is 1.46 bits per heavy atom. The highest BCUT2D eigenvalue weighted by Gasteiger charge is 2.09. The maximum Gasteiger partial charge on any atom is 0.197 e. The van der Waals surface area contributed by atoms with Crippen LogP contribution in [-0.2, 0) is 0 Å². The molecule has 2 nitrogen and oxygen atoms in total. The van der Waals surface area contributed by atoms with Gasteiger partial charge in [-0.1, -0.05) is 32.6 Å². The van der Waals surface area contributed by atoms with E-state index in [1.54, 1.807) is 6.08 Å². The van der Waals surface area contributed by atoms with E-state index in [0.29, 0.717) is 5.92 Å². The topological polar surface area (TPSA) is 26.0 Å². The summed E-state index contributed by atoms with van der Waals surface area (Å²) in [5.41, 5.74) is 0.892. The average Bonchev–Trinajstić information content (AvgIpc) is 2.44. The lowest BCUT2D eigenvalue weighted by atomic mass is 10.2. The van der Waals surface area contributed by atoms with Crippen LogP contribution in [0, 0.1) is 6.92 Å². The first-order chi connectivity index (χ1) is 6.15. The van der Waals surface area contributed by atoms with Crippen LogP contribution >= 0.6 is 0 Å². The molecule has 1 aromatic heterocycles. The third kappa shape index (κ3) is 2.31. The summed E-state index contributed by atoms with van der Waals surface area (Å²) >= 11 is 0. The number of aryl methyl sites for hydroxylation is 1. The number of oxazole rings is 1. The van der Waals surface area contributed by atoms with E-state index in [1.807, 2.05) is 19.1 Å². The molecular weight excluding hydrogens is 162 g/mol. The van der Waals surface area contributed by atoms with Crippen molar-refractivity contribution in [1.29, 1.82) is 0 Å². The van der Waals surface area contributed by atoms with Gasteiger partial charge in [0.15, 0.2) is 5.89 Å². The summed E-state index contributed by atoms with van der Waals surface area (Å²) in [5, 5.41) is 0. The van der Waals surface area contributed by atoms with E-state index in [-0.39, 0.29) is 0 Å². The summed E-state index contributed by atoms with van der Waals surface area (Å²) in [5.74, 6) is 1.99. The van der Waals surface area contributed by atoms with E-state index < -0.39 is 0 Å². The maximum absolute atomic E-state index is 5.48. The molecule has 0 saturated heterocycles. The van der Waals surface area contributed by atoms with Gasteiger partial charge in [-0.3, -0.25) is 0 Å². The first kappa shape index (κ1) is 9.78. The highest BCUT2D eigenvalue weighted by atomic mass is 16.4. The molecule has 0 radical (unpaired) electrons. The molecule has 1 rings (SSSR count). The van der Waals surface area contributed by atoms with Crippen molar-refractivity contribution in [3.63, 3.8) is 0 Å². The molecule has 0 aliphatic carbocycles. The first-order valence-corrected chi connectivity index (χ1v) is 4.41. The molecule has 0 aliphatic heterocycles. The number of allylic oxidation sites excluding steroid dienone is 2. The number of rotatable bonds is 3. The van der Waals surface area contributed by atoms with Gasteiger partial charge in [-0.25, -0.2) is 4.98 Å². The molecule has 0 fully saturated rings. The van der Waals surface area contributed by atoms with Gasteiger partial charge in [-0.05, 0) is 13.0 Å². The lowest BCUT2D eigenvalue weighted by Gasteiger charge is -1.93. The maximum atomic E-state index is 5.48. The second-order valence-corrected chi connectivity index (χ2v) is 3.24. The molecule has 0 saturated carbocycles. The van der Waals surface area contributed by atoms with E-state index in [0.717, 1.165) is 17.3 Å². The monoisotopic (exact) mass is 177 g/mol. The lowest BCUT2D eigenvalue weighted by Crippen LogP contribution is -1.85. The molecule has 13 heavy (non-hydrogen) atoms. The van der Waals surface area contributed by atoms with Crippen molar-refractivity contribution in [3.05, 3.63) is 36.1 Å². The Bertz CT molecular complexity index is 321. The fourth-order valence-electron chi connectivity index (χ4n) is 0.990. The molecule has 0 unspecified atom stereocenters. The fourth-order valence-corrected chi connectivity index (χ4v) is 0.990. The standard InChI is InChI=1S/C11H15NO/c1-5-6-7-10-9(4)13-11(12-10)8(2)3/h5-8H,1H2,2-4H3/b7-6-. The van der Waals surface area contributed by atoms with E-state index in [2.05, 4.69) is 25.4 Å². The molecule has 0 aromatic carbocycles. The second-order valence-electron chi connectivity index (χ2n) is 3.24. The molecule has 1 aromatic rings. The molecule has 70 valence electrons. The van der Waals surface area contributed by atoms with Crippen LogP contribution in [0.3, 0.4) is 0 Å². The minimum Gasteiger partial charge on any atom is -0.445 e. The van der Waals surface area contributed by atoms with Crippen molar-refractivity contribution >= 4 is 6.08 Å². The summed E-state index contributed by atoms with van der Waals surface area (Å²) in [6.45, 7) is 9.64. The first-order valence-electron chi connectivity index (χ1n) is 4.41. The SMILES string of the molecule is C=C/C=C\c1nc(C(C)C)oc1C. The molecule has 0 N–H and O–H groups in total. The van der Waals surface area contributed by atoms with Crippen LogP contribution in [0.25, 0.3) is 6.08 Å². The van der Waals surface area contributed by atoms with Crippen LogP contribution in [0.1, 0.15) is 37.1 Å². The molecule has 0 bridgehead atoms. The summed E-state index contributed by atoms with van der Waals surface area (Å²) in [4.78, 5) is 4.35. The van der Waals surface area contributed by atoms with Crippen molar-refractivity contribution < 1.29 is 4.42 Å². The zero-order valence-electron chi connectivity index (χ0n) is 8.37. The molecular formula is C11H15NO. The number of aromatic nitrogens is 1. The molecule has 1 heterocycles. The van der Waals surface area contributed by atoms with Gasteiger partial charge in [0, 0.05) is 5.92 Å². The Balaban J connectivity index is 2.96. The fraction of sp³-hybridized carbons (Fsp3) is 0.364. The van der Waals surface area contributed by atoms with Crippen molar-refractivity contribution in [2.75, 3.05) is 0 Å². The summed E-state index contributed by atoms with van der Waals surface area (Å²) in [7, 11) is 0. The molecule has 0 spiro atoms. The third-order valence-corrected chi connectivity index (χ3v) is 1.73. The number of nitrogens with zero attached hydrogens (tertiary/aromatic N) is 1. The average molecular weight is 177 g/mol. The second kappa shape index (κ2) is 4.08. The Morgan fingerprint density at radius 3 is 2.62 bits per heavy atom. The van der Waals surface area contributed by atoms with Crippen molar-refractivity contribution in [2.45, 2.75) is 26.7 Å². The molecule has 0 amide bonds. The molecule has 0 atom stereocenters. The minimum absolute atomic E-state index is 0.338. The van der Waals surface area contributed by atoms with Crippen LogP contribution in [0.5, 0.6) is 0 Å². The van der Waals surface area contributed by atoms with Gasteiger partial charge in [-0.2, -0.15) is 0 Å². The van der Waals surface area contributed by atoms with E-state index in [4.69, 9.17) is 4.42 Å². The third-order valence-electron chi connectivity index (χ3n) is 1.73. The smallest absolute Gasteiger partial charge is 0.197 e. The van der Waals surface area contributed by atoms with Crippen LogP contribution in [0.2, 0.25) is 0 Å². The van der Waals surface area contributed by atoms with Crippen molar-refractivity contribution in [3.8, 4) is 0 Å². The Labute approximate surface area is 79.0 Å². The van der Waals surface area contributed by atoms with Gasteiger partial charge in [-0.15, -0.1) is 0 Å². The van der Waals surface area contributed by atoms with E-state index >= 15 is 0 Å². The van der Waals surface area contributed by atoms with E-state index in [1.165, 1.54) is 0 Å². The van der Waals surface area contributed by atoms with Crippen LogP contribution in [-0.4, -0.2) is 4.98 Å². The van der Waals surface area contributed by atoms with Gasteiger partial charge in [0.25, 0.3) is 0 Å². The van der Waals surface area contributed by atoms with Crippen molar-refractivity contribution in [2.24, 2.45) is 0 Å². The van der Waals surface area contributed by atoms with E-state index in [9.17, 15) is 0 Å². The normalized spacial score (nSPS) is 11.4. The van der Waals surface area contributed by atoms with Crippen molar-refractivity contribution in [1.82, 2.24) is 4.98 Å². The largest absolute Gasteiger partial charge is 0.445 e. The van der Waals surface area contributed by atoms with Gasteiger partial charge >= 0.3 is 0 Å². The highest BCUT2D eigenvalue weighted by Crippen LogP contribution is 2.18. The highest BCUT2D eigenvalue weighted by molar-refractivity contribution is 5.48. The van der Waals surface area contributed by atoms with Crippen LogP contribution in [0.15, 0.2) is 23.1 Å². The predicted octanol–water partition coefficient (Wildman–Crippen LogP) is 3.31. The van der Waals surface area contributed by atoms with Gasteiger partial charge < -0.3 is 4.42 Å². The Morgan fingerprint density at radius 2 is 2.15 bits per heavy atom. The Kier molecular flexibility index (Phi) is 3.07. The van der Waals surface area contributed by atoms with Crippen LogP contribution in [0.4, 0.5) is 0 Å². The molecule has 0 aliphatic rings. The quantitative estimate of drug-likeness (QED) is 0.662. The molecule has 2 heteroatoms. The predicted molar refractivity (Wildman–Crippen MR) is 54.6 cm³/mol. The number of hydrogen-bond donors (Lipinski definition) is 0. The van der Waals surface area contributed by atoms with Crippen LogP contribution < -0.4 is 0 Å². The minimum atomic E-state index is 0.338. The van der Waals surface area contributed by atoms with Gasteiger partial charge in [0.05, 0.1) is 0 Å². The zero-order valence-corrected chi connectivity index (χ0v) is 8.37. The Hall–Kier alpha value is -1.31. The summed E-state index contributed by atoms with van der Waals surface area (Å²) in [6, 6.07) is 0. The van der Waals surface area contributed by atoms with Gasteiger partial charge in [0.1, 0.15) is 11.5 Å². The summed E-state index contributed by atoms with van der Waals surface area (Å²) < 4.78 is 5.48.